The van der Waals surface area contributed by atoms with Gasteiger partial charge in [0.15, 0.2) is 0 Å². The van der Waals surface area contributed by atoms with Gasteiger partial charge in [-0.2, -0.15) is 12.6 Å². The van der Waals surface area contributed by atoms with Crippen LogP contribution in [0.4, 0.5) is 4.79 Å². The van der Waals surface area contributed by atoms with E-state index in [1.807, 2.05) is 51.1 Å². The summed E-state index contributed by atoms with van der Waals surface area (Å²) in [6, 6.07) is 7.12. The maximum Gasteiger partial charge on any atom is 0.408 e. The Hall–Kier alpha value is -2.22. The van der Waals surface area contributed by atoms with Gasteiger partial charge in [0.05, 0.1) is 0 Å². The number of hydrogen-bond acceptors (Lipinski definition) is 5. The molecule has 0 bridgehead atoms. The summed E-state index contributed by atoms with van der Waals surface area (Å²) in [5.41, 5.74) is 0.00585. The second-order valence-corrected chi connectivity index (χ2v) is 9.04. The number of rotatable bonds is 10. The van der Waals surface area contributed by atoms with Crippen molar-refractivity contribution < 1.29 is 19.1 Å². The Kier molecular flexibility index (Phi) is 10.9. The third-order valence-electron chi connectivity index (χ3n) is 4.45. The number of carbonyl (C=O) groups excluding carboxylic acids is 3. The molecule has 0 aromatic heterocycles. The molecule has 2 atom stereocenters. The molecular formula is C23H37N3O4S. The molecule has 7 nitrogen and oxygen atoms in total. The average Bonchev–Trinajstić information content (AvgIpc) is 2.68. The highest BCUT2D eigenvalue weighted by molar-refractivity contribution is 7.80. The van der Waals surface area contributed by atoms with Crippen LogP contribution in [-0.2, 0) is 14.3 Å². The molecular weight excluding hydrogens is 414 g/mol. The first-order chi connectivity index (χ1) is 14.5. The van der Waals surface area contributed by atoms with E-state index >= 15 is 0 Å². The highest BCUT2D eigenvalue weighted by Gasteiger charge is 2.37. The molecule has 1 rings (SSSR count). The Bertz CT molecular complexity index is 719. The van der Waals surface area contributed by atoms with Gasteiger partial charge in [0.25, 0.3) is 0 Å². The molecule has 3 amide bonds. The van der Waals surface area contributed by atoms with Crippen LogP contribution in [0, 0.1) is 0 Å². The number of nitrogens with zero attached hydrogens (tertiary/aromatic N) is 1. The lowest BCUT2D eigenvalue weighted by molar-refractivity contribution is -0.144. The van der Waals surface area contributed by atoms with Crippen LogP contribution >= 0.6 is 12.6 Å². The van der Waals surface area contributed by atoms with Gasteiger partial charge in [-0.15, -0.1) is 0 Å². The van der Waals surface area contributed by atoms with Crippen molar-refractivity contribution in [2.24, 2.45) is 0 Å². The Morgan fingerprint density at radius 1 is 1.13 bits per heavy atom. The molecule has 8 heteroatoms. The molecule has 1 aromatic carbocycles. The standard InChI is InChI=1S/C23H37N3O4S/c1-7-8-14-24-20(27)19(17-12-10-9-11-13-17)26(16(2)3)21(28)18(15-31)25-22(29)30-23(4,5)6/h9-13,16,18-19,31H,7-8,14-15H2,1-6H3,(H,24,27)(H,25,29). The smallest absolute Gasteiger partial charge is 0.408 e. The summed E-state index contributed by atoms with van der Waals surface area (Å²) in [6.07, 6.45) is 1.10. The summed E-state index contributed by atoms with van der Waals surface area (Å²) < 4.78 is 5.28. The highest BCUT2D eigenvalue weighted by atomic mass is 32.1. The second-order valence-electron chi connectivity index (χ2n) is 8.68. The van der Waals surface area contributed by atoms with Gasteiger partial charge in [-0.3, -0.25) is 9.59 Å². The summed E-state index contributed by atoms with van der Waals surface area (Å²) in [6.45, 7) is 11.5. The number of amides is 3. The molecule has 2 unspecified atom stereocenters. The average molecular weight is 452 g/mol. The van der Waals surface area contributed by atoms with E-state index in [1.165, 1.54) is 4.90 Å². The minimum Gasteiger partial charge on any atom is -0.444 e. The topological polar surface area (TPSA) is 87.7 Å². The maximum atomic E-state index is 13.5. The van der Waals surface area contributed by atoms with Crippen LogP contribution in [0.5, 0.6) is 0 Å². The molecule has 0 aliphatic heterocycles. The summed E-state index contributed by atoms with van der Waals surface area (Å²) in [4.78, 5) is 40.4. The molecule has 1 aromatic rings. The van der Waals surface area contributed by atoms with Crippen LogP contribution in [0.3, 0.4) is 0 Å². The molecule has 0 saturated carbocycles. The lowest BCUT2D eigenvalue weighted by Gasteiger charge is -2.37. The molecule has 174 valence electrons. The van der Waals surface area contributed by atoms with E-state index in [1.54, 1.807) is 20.8 Å². The van der Waals surface area contributed by atoms with Crippen molar-refractivity contribution in [1.82, 2.24) is 15.5 Å². The molecule has 31 heavy (non-hydrogen) atoms. The number of ether oxygens (including phenoxy) is 1. The van der Waals surface area contributed by atoms with Crippen LogP contribution < -0.4 is 10.6 Å². The van der Waals surface area contributed by atoms with E-state index in [0.717, 1.165) is 12.8 Å². The lowest BCUT2D eigenvalue weighted by atomic mass is 10.0. The van der Waals surface area contributed by atoms with Crippen molar-refractivity contribution in [1.29, 1.82) is 0 Å². The normalized spacial score (nSPS) is 13.3. The highest BCUT2D eigenvalue weighted by Crippen LogP contribution is 2.25. The van der Waals surface area contributed by atoms with Gasteiger partial charge in [0.2, 0.25) is 11.8 Å². The molecule has 0 fully saturated rings. The molecule has 0 aliphatic carbocycles. The monoisotopic (exact) mass is 451 g/mol. The zero-order chi connectivity index (χ0) is 23.6. The third-order valence-corrected chi connectivity index (χ3v) is 4.82. The van der Waals surface area contributed by atoms with E-state index in [-0.39, 0.29) is 17.7 Å². The van der Waals surface area contributed by atoms with Gasteiger partial charge in [-0.05, 0) is 46.6 Å². The van der Waals surface area contributed by atoms with Gasteiger partial charge < -0.3 is 20.3 Å². The number of carbonyl (C=O) groups is 3. The Labute approximate surface area is 191 Å². The van der Waals surface area contributed by atoms with Gasteiger partial charge >= 0.3 is 6.09 Å². The number of benzene rings is 1. The fraction of sp³-hybridized carbons (Fsp3) is 0.609. The maximum absolute atomic E-state index is 13.5. The molecule has 0 saturated heterocycles. The first-order valence-electron chi connectivity index (χ1n) is 10.8. The third kappa shape index (κ3) is 8.81. The SMILES string of the molecule is CCCCNC(=O)C(c1ccccc1)N(C(=O)C(CS)NC(=O)OC(C)(C)C)C(C)C. The van der Waals surface area contributed by atoms with Crippen molar-refractivity contribution in [2.45, 2.75) is 78.1 Å². The predicted molar refractivity (Wildman–Crippen MR) is 126 cm³/mol. The summed E-state index contributed by atoms with van der Waals surface area (Å²) in [7, 11) is 0. The van der Waals surface area contributed by atoms with Crippen LogP contribution in [0.1, 0.15) is 66.0 Å². The minimum absolute atomic E-state index is 0.0697. The Morgan fingerprint density at radius 2 is 1.74 bits per heavy atom. The Morgan fingerprint density at radius 3 is 2.23 bits per heavy atom. The van der Waals surface area contributed by atoms with Gasteiger partial charge in [0.1, 0.15) is 17.7 Å². The number of hydrogen-bond donors (Lipinski definition) is 3. The quantitative estimate of drug-likeness (QED) is 0.374. The van der Waals surface area contributed by atoms with Crippen molar-refractivity contribution in [3.63, 3.8) is 0 Å². The van der Waals surface area contributed by atoms with Crippen molar-refractivity contribution in [2.75, 3.05) is 12.3 Å². The zero-order valence-electron chi connectivity index (χ0n) is 19.5. The first-order valence-corrected chi connectivity index (χ1v) is 11.4. The van der Waals surface area contributed by atoms with Crippen molar-refractivity contribution in [3.8, 4) is 0 Å². The fourth-order valence-corrected chi connectivity index (χ4v) is 3.30. The molecule has 0 aliphatic rings. The second kappa shape index (κ2) is 12.6. The summed E-state index contributed by atoms with van der Waals surface area (Å²) >= 11 is 4.26. The van der Waals surface area contributed by atoms with Crippen molar-refractivity contribution >= 4 is 30.5 Å². The zero-order valence-corrected chi connectivity index (χ0v) is 20.4. The van der Waals surface area contributed by atoms with Gasteiger partial charge in [-0.1, -0.05) is 43.7 Å². The molecule has 0 radical (unpaired) electrons. The van der Waals surface area contributed by atoms with Gasteiger partial charge in [0, 0.05) is 18.3 Å². The number of unbranched alkanes of at least 4 members (excludes halogenated alkanes) is 1. The predicted octanol–water partition coefficient (Wildman–Crippen LogP) is 3.70. The Balaban J connectivity index is 3.21. The first kappa shape index (κ1) is 26.8. The molecule has 0 heterocycles. The van der Waals surface area contributed by atoms with Crippen molar-refractivity contribution in [3.05, 3.63) is 35.9 Å². The van der Waals surface area contributed by atoms with Crippen LogP contribution in [0.2, 0.25) is 0 Å². The van der Waals surface area contributed by atoms with E-state index < -0.39 is 29.7 Å². The number of nitrogens with one attached hydrogen (secondary N) is 2. The van der Waals surface area contributed by atoms with E-state index in [2.05, 4.69) is 23.3 Å². The number of thiol groups is 1. The lowest BCUT2D eigenvalue weighted by Crippen LogP contribution is -2.55. The minimum atomic E-state index is -0.935. The van der Waals surface area contributed by atoms with E-state index in [0.29, 0.717) is 12.1 Å². The molecule has 0 spiro atoms. The fourth-order valence-electron chi connectivity index (χ4n) is 3.05. The van der Waals surface area contributed by atoms with E-state index in [4.69, 9.17) is 4.74 Å². The van der Waals surface area contributed by atoms with Crippen LogP contribution in [0.25, 0.3) is 0 Å². The molecule has 2 N–H and O–H groups in total. The van der Waals surface area contributed by atoms with Gasteiger partial charge in [-0.25, -0.2) is 4.79 Å². The van der Waals surface area contributed by atoms with Crippen LogP contribution in [-0.4, -0.2) is 52.8 Å². The summed E-state index contributed by atoms with van der Waals surface area (Å²) in [5.74, 6) is -0.576. The van der Waals surface area contributed by atoms with E-state index in [9.17, 15) is 14.4 Å². The number of alkyl carbamates (subject to hydrolysis) is 1. The van der Waals surface area contributed by atoms with Crippen LogP contribution in [0.15, 0.2) is 30.3 Å². The largest absolute Gasteiger partial charge is 0.444 e. The summed E-state index contributed by atoms with van der Waals surface area (Å²) in [5, 5.41) is 5.53.